The van der Waals surface area contributed by atoms with Crippen molar-refractivity contribution in [2.75, 3.05) is 0 Å². The van der Waals surface area contributed by atoms with E-state index in [2.05, 4.69) is 0 Å². The topological polar surface area (TPSA) is 66.9 Å². The standard InChI is InChI=1S/C10H6ClFN2O/c11-8-2-1-3-9(12)7(8)4-6(5-13)10(14)15/h1-4H,(H2,14,15). The van der Waals surface area contributed by atoms with Crippen molar-refractivity contribution in [3.63, 3.8) is 0 Å². The van der Waals surface area contributed by atoms with Gasteiger partial charge >= 0.3 is 0 Å². The zero-order valence-corrected chi connectivity index (χ0v) is 8.25. The van der Waals surface area contributed by atoms with Crippen LogP contribution in [0.5, 0.6) is 0 Å². The van der Waals surface area contributed by atoms with E-state index in [-0.39, 0.29) is 16.2 Å². The molecule has 0 spiro atoms. The average molecular weight is 225 g/mol. The number of carbonyl (C=O) groups is 1. The van der Waals surface area contributed by atoms with Gasteiger partial charge in [-0.25, -0.2) is 4.39 Å². The SMILES string of the molecule is N#CC(=Cc1c(F)cccc1Cl)C(N)=O. The Morgan fingerprint density at radius 3 is 2.73 bits per heavy atom. The number of hydrogen-bond acceptors (Lipinski definition) is 2. The van der Waals surface area contributed by atoms with Crippen molar-refractivity contribution >= 4 is 23.6 Å². The van der Waals surface area contributed by atoms with Gasteiger partial charge in [-0.15, -0.1) is 0 Å². The molecule has 3 nitrogen and oxygen atoms in total. The first-order chi connectivity index (χ1) is 7.06. The summed E-state index contributed by atoms with van der Waals surface area (Å²) in [6.07, 6.45) is 1.03. The molecule has 0 aromatic heterocycles. The second-order valence-corrected chi connectivity index (χ2v) is 3.08. The third kappa shape index (κ3) is 2.55. The van der Waals surface area contributed by atoms with E-state index in [0.717, 1.165) is 6.08 Å². The van der Waals surface area contributed by atoms with E-state index < -0.39 is 11.7 Å². The number of rotatable bonds is 2. The van der Waals surface area contributed by atoms with E-state index in [1.54, 1.807) is 6.07 Å². The molecule has 0 unspecified atom stereocenters. The molecule has 76 valence electrons. The minimum Gasteiger partial charge on any atom is -0.365 e. The molecular weight excluding hydrogens is 219 g/mol. The molecule has 0 aliphatic heterocycles. The van der Waals surface area contributed by atoms with Crippen LogP contribution in [0.15, 0.2) is 23.8 Å². The van der Waals surface area contributed by atoms with Crippen LogP contribution in [0.4, 0.5) is 4.39 Å². The van der Waals surface area contributed by atoms with Crippen LogP contribution in [-0.2, 0) is 4.79 Å². The van der Waals surface area contributed by atoms with Crippen molar-refractivity contribution in [3.05, 3.63) is 40.2 Å². The van der Waals surface area contributed by atoms with Gasteiger partial charge in [-0.1, -0.05) is 17.7 Å². The molecule has 1 aromatic carbocycles. The summed E-state index contributed by atoms with van der Waals surface area (Å²) in [5.41, 5.74) is 4.54. The first-order valence-electron chi connectivity index (χ1n) is 3.92. The molecule has 15 heavy (non-hydrogen) atoms. The highest BCUT2D eigenvalue weighted by Crippen LogP contribution is 2.21. The maximum Gasteiger partial charge on any atom is 0.259 e. The molecule has 5 heteroatoms. The summed E-state index contributed by atoms with van der Waals surface area (Å²) in [6, 6.07) is 5.61. The number of primary amides is 1. The van der Waals surface area contributed by atoms with Crippen LogP contribution in [0, 0.1) is 17.1 Å². The van der Waals surface area contributed by atoms with Gasteiger partial charge in [-0.2, -0.15) is 5.26 Å². The number of nitrogens with two attached hydrogens (primary N) is 1. The molecule has 2 N–H and O–H groups in total. The quantitative estimate of drug-likeness (QED) is 0.616. The first kappa shape index (κ1) is 11.2. The van der Waals surface area contributed by atoms with Gasteiger partial charge in [-0.3, -0.25) is 4.79 Å². The number of carbonyl (C=O) groups excluding carboxylic acids is 1. The molecule has 0 aliphatic rings. The summed E-state index contributed by atoms with van der Waals surface area (Å²) < 4.78 is 13.2. The van der Waals surface area contributed by atoms with Gasteiger partial charge in [0.2, 0.25) is 0 Å². The Labute approximate surface area is 90.6 Å². The van der Waals surface area contributed by atoms with Crippen molar-refractivity contribution in [2.24, 2.45) is 5.73 Å². The number of nitriles is 1. The van der Waals surface area contributed by atoms with Crippen molar-refractivity contribution in [2.45, 2.75) is 0 Å². The molecule has 0 atom stereocenters. The lowest BCUT2D eigenvalue weighted by Gasteiger charge is -1.99. The lowest BCUT2D eigenvalue weighted by molar-refractivity contribution is -0.114. The fourth-order valence-corrected chi connectivity index (χ4v) is 1.17. The average Bonchev–Trinajstić information content (AvgIpc) is 2.17. The minimum absolute atomic E-state index is 0.0190. The molecule has 0 saturated carbocycles. The molecule has 0 aliphatic carbocycles. The van der Waals surface area contributed by atoms with E-state index in [0.29, 0.717) is 0 Å². The summed E-state index contributed by atoms with van der Waals surface area (Å²) in [6.45, 7) is 0. The monoisotopic (exact) mass is 224 g/mol. The molecule has 1 aromatic rings. The Morgan fingerprint density at radius 2 is 2.27 bits per heavy atom. The van der Waals surface area contributed by atoms with E-state index in [1.165, 1.54) is 18.2 Å². The largest absolute Gasteiger partial charge is 0.365 e. The summed E-state index contributed by atoms with van der Waals surface area (Å²) in [5, 5.41) is 8.67. The number of halogens is 2. The summed E-state index contributed by atoms with van der Waals surface area (Å²) >= 11 is 5.69. The van der Waals surface area contributed by atoms with Crippen LogP contribution >= 0.6 is 11.6 Å². The van der Waals surface area contributed by atoms with Gasteiger partial charge < -0.3 is 5.73 Å². The Kier molecular flexibility index (Phi) is 3.42. The lowest BCUT2D eigenvalue weighted by Crippen LogP contribution is -2.12. The highest BCUT2D eigenvalue weighted by Gasteiger charge is 2.08. The van der Waals surface area contributed by atoms with E-state index in [1.807, 2.05) is 0 Å². The normalized spacial score (nSPS) is 10.9. The molecule has 1 amide bonds. The van der Waals surface area contributed by atoms with Crippen LogP contribution in [0.25, 0.3) is 6.08 Å². The van der Waals surface area contributed by atoms with Crippen LogP contribution in [-0.4, -0.2) is 5.91 Å². The van der Waals surface area contributed by atoms with E-state index >= 15 is 0 Å². The van der Waals surface area contributed by atoms with Gasteiger partial charge in [0.05, 0.1) is 5.02 Å². The van der Waals surface area contributed by atoms with E-state index in [4.69, 9.17) is 22.6 Å². The fraction of sp³-hybridized carbons (Fsp3) is 0. The third-order valence-electron chi connectivity index (χ3n) is 1.67. The van der Waals surface area contributed by atoms with Crippen molar-refractivity contribution in [3.8, 4) is 6.07 Å². The molecular formula is C10H6ClFN2O. The van der Waals surface area contributed by atoms with E-state index in [9.17, 15) is 9.18 Å². The fourth-order valence-electron chi connectivity index (χ4n) is 0.951. The van der Waals surface area contributed by atoms with Gasteiger partial charge in [-0.05, 0) is 18.2 Å². The molecule has 0 saturated heterocycles. The first-order valence-corrected chi connectivity index (χ1v) is 4.29. The molecule has 0 radical (unpaired) electrons. The predicted octanol–water partition coefficient (Wildman–Crippen LogP) is 1.87. The maximum absolute atomic E-state index is 13.2. The van der Waals surface area contributed by atoms with Crippen LogP contribution < -0.4 is 5.73 Å². The van der Waals surface area contributed by atoms with Gasteiger partial charge in [0.25, 0.3) is 5.91 Å². The smallest absolute Gasteiger partial charge is 0.259 e. The highest BCUT2D eigenvalue weighted by atomic mass is 35.5. The Morgan fingerprint density at radius 1 is 1.60 bits per heavy atom. The van der Waals surface area contributed by atoms with Crippen LogP contribution in [0.3, 0.4) is 0 Å². The van der Waals surface area contributed by atoms with Crippen LogP contribution in [0.1, 0.15) is 5.56 Å². The third-order valence-corrected chi connectivity index (χ3v) is 2.00. The van der Waals surface area contributed by atoms with Gasteiger partial charge in [0, 0.05) is 5.56 Å². The zero-order valence-electron chi connectivity index (χ0n) is 7.50. The number of benzene rings is 1. The summed E-state index contributed by atoms with van der Waals surface area (Å²) in [5.74, 6) is -1.53. The van der Waals surface area contributed by atoms with Crippen molar-refractivity contribution in [1.29, 1.82) is 5.26 Å². The summed E-state index contributed by atoms with van der Waals surface area (Å²) in [4.78, 5) is 10.7. The second kappa shape index (κ2) is 4.58. The second-order valence-electron chi connectivity index (χ2n) is 2.67. The summed E-state index contributed by atoms with van der Waals surface area (Å²) in [7, 11) is 0. The number of nitrogens with zero attached hydrogens (tertiary/aromatic N) is 1. The molecule has 0 heterocycles. The van der Waals surface area contributed by atoms with Gasteiger partial charge in [0.15, 0.2) is 0 Å². The highest BCUT2D eigenvalue weighted by molar-refractivity contribution is 6.32. The lowest BCUT2D eigenvalue weighted by atomic mass is 10.1. The van der Waals surface area contributed by atoms with Crippen LogP contribution in [0.2, 0.25) is 5.02 Å². The van der Waals surface area contributed by atoms with Gasteiger partial charge in [0.1, 0.15) is 17.5 Å². The van der Waals surface area contributed by atoms with Crippen molar-refractivity contribution < 1.29 is 9.18 Å². The Hall–Kier alpha value is -1.86. The zero-order chi connectivity index (χ0) is 11.4. The number of amides is 1. The minimum atomic E-state index is -0.920. The molecule has 1 rings (SSSR count). The van der Waals surface area contributed by atoms with Crippen molar-refractivity contribution in [1.82, 2.24) is 0 Å². The number of hydrogen-bond donors (Lipinski definition) is 1. The Bertz CT molecular complexity index is 457. The predicted molar refractivity (Wildman–Crippen MR) is 54.2 cm³/mol. The molecule has 0 fully saturated rings. The maximum atomic E-state index is 13.2. The molecule has 0 bridgehead atoms. The Balaban J connectivity index is 3.30.